The van der Waals surface area contributed by atoms with Crippen molar-refractivity contribution >= 4 is 45.2 Å². The van der Waals surface area contributed by atoms with E-state index < -0.39 is 23.7 Å². The van der Waals surface area contributed by atoms with Crippen molar-refractivity contribution in [3.05, 3.63) is 51.9 Å². The van der Waals surface area contributed by atoms with Gasteiger partial charge in [-0.3, -0.25) is 14.4 Å². The molecule has 3 N–H and O–H groups in total. The zero-order valence-corrected chi connectivity index (χ0v) is 16.1. The van der Waals surface area contributed by atoms with E-state index in [0.29, 0.717) is 21.8 Å². The Balaban J connectivity index is 1.75. The number of carbonyl (C=O) groups excluding carboxylic acids is 2. The molecule has 3 aromatic rings. The second-order valence-corrected chi connectivity index (χ2v) is 7.92. The van der Waals surface area contributed by atoms with Crippen molar-refractivity contribution in [3.8, 4) is 11.1 Å². The molecule has 7 nitrogen and oxygen atoms in total. The van der Waals surface area contributed by atoms with E-state index in [2.05, 4.69) is 9.97 Å². The van der Waals surface area contributed by atoms with Crippen LogP contribution in [-0.4, -0.2) is 33.7 Å². The minimum atomic E-state index is -0.705. The van der Waals surface area contributed by atoms with Crippen LogP contribution >= 0.6 is 23.1 Å². The standard InChI is InChI=1S/C18H17N3O4S2/c1-10(18(24)25-7-13(19)22)26-9-14-20-16(23)15-12(8-27-17(15)21-14)11-5-3-2-4-6-11/h2-6,8,10H,7,9H2,1H3,(H2,19,22)(H,20,21,23)/t10-/m0/s1. The molecule has 0 fully saturated rings. The number of primary amides is 1. The SMILES string of the molecule is C[C@H](SCc1nc2scc(-c3ccccc3)c2c(=O)[nH]1)C(=O)OCC(N)=O. The van der Waals surface area contributed by atoms with Crippen LogP contribution in [-0.2, 0) is 20.1 Å². The first-order valence-electron chi connectivity index (χ1n) is 8.08. The van der Waals surface area contributed by atoms with Crippen LogP contribution in [0.5, 0.6) is 0 Å². The average Bonchev–Trinajstić information content (AvgIpc) is 3.09. The molecule has 0 radical (unpaired) electrons. The van der Waals surface area contributed by atoms with E-state index in [4.69, 9.17) is 10.5 Å². The number of nitrogens with one attached hydrogen (secondary N) is 1. The van der Waals surface area contributed by atoms with Gasteiger partial charge < -0.3 is 15.5 Å². The average molecular weight is 403 g/mol. The highest BCUT2D eigenvalue weighted by atomic mass is 32.2. The first-order valence-corrected chi connectivity index (χ1v) is 10.0. The number of fused-ring (bicyclic) bond motifs is 1. The summed E-state index contributed by atoms with van der Waals surface area (Å²) < 4.78 is 4.78. The van der Waals surface area contributed by atoms with Gasteiger partial charge in [0.15, 0.2) is 6.61 Å². The Labute approximate surface area is 163 Å². The number of aromatic amines is 1. The maximum Gasteiger partial charge on any atom is 0.319 e. The lowest BCUT2D eigenvalue weighted by Gasteiger charge is -2.10. The third-order valence-corrected chi connectivity index (χ3v) is 5.74. The lowest BCUT2D eigenvalue weighted by molar-refractivity contribution is -0.146. The largest absolute Gasteiger partial charge is 0.455 e. The molecule has 1 atom stereocenters. The van der Waals surface area contributed by atoms with E-state index in [0.717, 1.165) is 11.1 Å². The first-order chi connectivity index (χ1) is 13.0. The van der Waals surface area contributed by atoms with Crippen molar-refractivity contribution in [1.29, 1.82) is 0 Å². The maximum atomic E-state index is 12.6. The Hall–Kier alpha value is -2.65. The summed E-state index contributed by atoms with van der Waals surface area (Å²) in [6.45, 7) is 1.21. The molecular weight excluding hydrogens is 386 g/mol. The molecule has 1 aromatic carbocycles. The van der Waals surface area contributed by atoms with Crippen molar-refractivity contribution in [2.45, 2.75) is 17.9 Å². The van der Waals surface area contributed by atoms with E-state index in [1.165, 1.54) is 23.1 Å². The highest BCUT2D eigenvalue weighted by molar-refractivity contribution is 7.99. The van der Waals surface area contributed by atoms with Crippen LogP contribution in [0.15, 0.2) is 40.5 Å². The van der Waals surface area contributed by atoms with Crippen LogP contribution in [0, 0.1) is 0 Å². The number of nitrogens with zero attached hydrogens (tertiary/aromatic N) is 1. The van der Waals surface area contributed by atoms with Gasteiger partial charge in [-0.1, -0.05) is 30.3 Å². The summed E-state index contributed by atoms with van der Waals surface area (Å²) in [4.78, 5) is 42.9. The van der Waals surface area contributed by atoms with Crippen molar-refractivity contribution in [2.75, 3.05) is 6.61 Å². The number of H-pyrrole nitrogens is 1. The molecule has 0 aliphatic rings. The maximum absolute atomic E-state index is 12.6. The van der Waals surface area contributed by atoms with Crippen LogP contribution < -0.4 is 11.3 Å². The second kappa shape index (κ2) is 8.36. The van der Waals surface area contributed by atoms with E-state index in [1.807, 2.05) is 35.7 Å². The first kappa shape index (κ1) is 19.1. The summed E-state index contributed by atoms with van der Waals surface area (Å²) >= 11 is 2.66. The third kappa shape index (κ3) is 4.55. The van der Waals surface area contributed by atoms with Crippen molar-refractivity contribution in [1.82, 2.24) is 9.97 Å². The van der Waals surface area contributed by atoms with E-state index in [9.17, 15) is 14.4 Å². The Morgan fingerprint density at radius 1 is 1.33 bits per heavy atom. The van der Waals surface area contributed by atoms with Gasteiger partial charge in [0.05, 0.1) is 11.1 Å². The predicted octanol–water partition coefficient (Wildman–Crippen LogP) is 2.30. The van der Waals surface area contributed by atoms with Crippen molar-refractivity contribution in [3.63, 3.8) is 0 Å². The summed E-state index contributed by atoms with van der Waals surface area (Å²) in [5.74, 6) is -0.432. The van der Waals surface area contributed by atoms with E-state index in [-0.39, 0.29) is 5.56 Å². The monoisotopic (exact) mass is 403 g/mol. The number of esters is 1. The molecule has 0 saturated heterocycles. The molecule has 140 valence electrons. The molecular formula is C18H17N3O4S2. The smallest absolute Gasteiger partial charge is 0.319 e. The molecule has 3 rings (SSSR count). The summed E-state index contributed by atoms with van der Waals surface area (Å²) in [6, 6.07) is 9.66. The Morgan fingerprint density at radius 2 is 2.07 bits per heavy atom. The van der Waals surface area contributed by atoms with Gasteiger partial charge in [0.25, 0.3) is 11.5 Å². The number of hydrogen-bond acceptors (Lipinski definition) is 7. The number of nitrogens with two attached hydrogens (primary N) is 1. The van der Waals surface area contributed by atoms with Crippen LogP contribution in [0.3, 0.4) is 0 Å². The lowest BCUT2D eigenvalue weighted by Crippen LogP contribution is -2.25. The van der Waals surface area contributed by atoms with E-state index in [1.54, 1.807) is 6.92 Å². The highest BCUT2D eigenvalue weighted by Crippen LogP contribution is 2.30. The fourth-order valence-corrected chi connectivity index (χ4v) is 4.14. The summed E-state index contributed by atoms with van der Waals surface area (Å²) in [5, 5.41) is 1.96. The van der Waals surface area contributed by atoms with Gasteiger partial charge in [0.2, 0.25) is 0 Å². The summed E-state index contributed by atoms with van der Waals surface area (Å²) in [5.41, 5.74) is 6.55. The van der Waals surface area contributed by atoms with Crippen LogP contribution in [0.4, 0.5) is 0 Å². The van der Waals surface area contributed by atoms with Crippen LogP contribution in [0.25, 0.3) is 21.3 Å². The normalized spacial score (nSPS) is 12.0. The minimum Gasteiger partial charge on any atom is -0.455 e. The number of amides is 1. The second-order valence-electron chi connectivity index (χ2n) is 5.74. The van der Waals surface area contributed by atoms with Gasteiger partial charge in [-0.2, -0.15) is 0 Å². The third-order valence-electron chi connectivity index (χ3n) is 3.74. The highest BCUT2D eigenvalue weighted by Gasteiger charge is 2.18. The number of hydrogen-bond donors (Lipinski definition) is 2. The number of carbonyl (C=O) groups is 2. The van der Waals surface area contributed by atoms with E-state index >= 15 is 0 Å². The molecule has 27 heavy (non-hydrogen) atoms. The quantitative estimate of drug-likeness (QED) is 0.585. The zero-order chi connectivity index (χ0) is 19.4. The fraction of sp³-hybridized carbons (Fsp3) is 0.222. The Morgan fingerprint density at radius 3 is 2.78 bits per heavy atom. The Kier molecular flexibility index (Phi) is 5.92. The van der Waals surface area contributed by atoms with Crippen LogP contribution in [0.1, 0.15) is 12.7 Å². The molecule has 0 unspecified atom stereocenters. The molecule has 0 bridgehead atoms. The molecule has 0 aliphatic carbocycles. The van der Waals surface area contributed by atoms with Crippen LogP contribution in [0.2, 0.25) is 0 Å². The van der Waals surface area contributed by atoms with Crippen molar-refractivity contribution < 1.29 is 14.3 Å². The van der Waals surface area contributed by atoms with Crippen molar-refractivity contribution in [2.24, 2.45) is 5.73 Å². The number of benzene rings is 1. The number of thiophene rings is 1. The summed E-state index contributed by atoms with van der Waals surface area (Å²) in [7, 11) is 0. The topological polar surface area (TPSA) is 115 Å². The molecule has 0 saturated carbocycles. The van der Waals surface area contributed by atoms with Gasteiger partial charge in [-0.25, -0.2) is 4.98 Å². The van der Waals surface area contributed by atoms with Gasteiger partial charge in [0.1, 0.15) is 15.9 Å². The van der Waals surface area contributed by atoms with Gasteiger partial charge in [-0.05, 0) is 12.5 Å². The fourth-order valence-electron chi connectivity index (χ4n) is 2.42. The number of ether oxygens (including phenoxy) is 1. The minimum absolute atomic E-state index is 0.209. The predicted molar refractivity (Wildman–Crippen MR) is 107 cm³/mol. The zero-order valence-electron chi connectivity index (χ0n) is 14.4. The molecule has 1 amide bonds. The number of thioether (sulfide) groups is 1. The Bertz CT molecular complexity index is 1030. The lowest BCUT2D eigenvalue weighted by atomic mass is 10.1. The molecule has 9 heteroatoms. The van der Waals surface area contributed by atoms with Gasteiger partial charge in [-0.15, -0.1) is 23.1 Å². The molecule has 2 aromatic heterocycles. The summed E-state index contributed by atoms with van der Waals surface area (Å²) in [6.07, 6.45) is 0. The molecule has 0 aliphatic heterocycles. The van der Waals surface area contributed by atoms with Gasteiger partial charge >= 0.3 is 5.97 Å². The number of aromatic nitrogens is 2. The van der Waals surface area contributed by atoms with Gasteiger partial charge in [0, 0.05) is 10.9 Å². The molecule has 0 spiro atoms. The molecule has 2 heterocycles. The number of rotatable bonds is 7.